The summed E-state index contributed by atoms with van der Waals surface area (Å²) in [6.07, 6.45) is 0. The SMILES string of the molecule is S=C1NNC(c2ccccc2)=C(c2ccccc2)N1. The second kappa shape index (κ2) is 5.12. The van der Waals surface area contributed by atoms with Gasteiger partial charge < -0.3 is 5.32 Å². The third-order valence-corrected chi connectivity index (χ3v) is 3.12. The van der Waals surface area contributed by atoms with E-state index in [1.54, 1.807) is 0 Å². The van der Waals surface area contributed by atoms with Crippen LogP contribution in [0.1, 0.15) is 11.1 Å². The van der Waals surface area contributed by atoms with Gasteiger partial charge in [-0.15, -0.1) is 0 Å². The minimum absolute atomic E-state index is 0.568. The summed E-state index contributed by atoms with van der Waals surface area (Å²) in [7, 11) is 0. The van der Waals surface area contributed by atoms with E-state index >= 15 is 0 Å². The number of thiocarbonyl (C=S) groups is 1. The fourth-order valence-electron chi connectivity index (χ4n) is 2.03. The van der Waals surface area contributed by atoms with Crippen LogP contribution in [0, 0.1) is 0 Å². The summed E-state index contributed by atoms with van der Waals surface area (Å²) < 4.78 is 0. The molecule has 0 atom stereocenters. The topological polar surface area (TPSA) is 36.1 Å². The molecule has 2 aromatic carbocycles. The quantitative estimate of drug-likeness (QED) is 0.731. The zero-order valence-electron chi connectivity index (χ0n) is 10.2. The first-order valence-corrected chi connectivity index (χ1v) is 6.43. The average Bonchev–Trinajstić information content (AvgIpc) is 2.49. The molecule has 0 saturated carbocycles. The Labute approximate surface area is 117 Å². The molecule has 0 bridgehead atoms. The van der Waals surface area contributed by atoms with Crippen molar-refractivity contribution in [3.05, 3.63) is 71.8 Å². The van der Waals surface area contributed by atoms with Gasteiger partial charge in [-0.2, -0.15) is 0 Å². The molecule has 0 fully saturated rings. The van der Waals surface area contributed by atoms with Crippen molar-refractivity contribution in [2.45, 2.75) is 0 Å². The molecule has 3 rings (SSSR count). The minimum atomic E-state index is 0.568. The summed E-state index contributed by atoms with van der Waals surface area (Å²) in [6, 6.07) is 20.3. The fraction of sp³-hybridized carbons (Fsp3) is 0. The number of hydrogen-bond acceptors (Lipinski definition) is 2. The van der Waals surface area contributed by atoms with Gasteiger partial charge in [-0.05, 0) is 12.2 Å². The van der Waals surface area contributed by atoms with Crippen LogP contribution in [0.4, 0.5) is 0 Å². The van der Waals surface area contributed by atoms with E-state index in [1.807, 2.05) is 36.4 Å². The maximum Gasteiger partial charge on any atom is 0.189 e. The normalized spacial score (nSPS) is 14.4. The van der Waals surface area contributed by atoms with Gasteiger partial charge in [-0.1, -0.05) is 60.7 Å². The van der Waals surface area contributed by atoms with Crippen molar-refractivity contribution < 1.29 is 0 Å². The second-order valence-corrected chi connectivity index (χ2v) is 4.59. The number of nitrogens with one attached hydrogen (secondary N) is 3. The molecule has 19 heavy (non-hydrogen) atoms. The molecule has 3 N–H and O–H groups in total. The van der Waals surface area contributed by atoms with E-state index in [-0.39, 0.29) is 0 Å². The van der Waals surface area contributed by atoms with Crippen molar-refractivity contribution in [1.29, 1.82) is 0 Å². The van der Waals surface area contributed by atoms with Crippen molar-refractivity contribution in [3.8, 4) is 0 Å². The molecule has 1 heterocycles. The summed E-state index contributed by atoms with van der Waals surface area (Å²) in [6.45, 7) is 0. The van der Waals surface area contributed by atoms with E-state index in [9.17, 15) is 0 Å². The molecule has 3 nitrogen and oxygen atoms in total. The Bertz CT molecular complexity index is 620. The summed E-state index contributed by atoms with van der Waals surface area (Å²) in [5.74, 6) is 0. The van der Waals surface area contributed by atoms with E-state index < -0.39 is 0 Å². The molecular weight excluding hydrogens is 254 g/mol. The van der Waals surface area contributed by atoms with Crippen molar-refractivity contribution in [3.63, 3.8) is 0 Å². The van der Waals surface area contributed by atoms with Gasteiger partial charge in [0.05, 0.1) is 11.4 Å². The largest absolute Gasteiger partial charge is 0.329 e. The lowest BCUT2D eigenvalue weighted by Gasteiger charge is -2.26. The van der Waals surface area contributed by atoms with Gasteiger partial charge in [0.15, 0.2) is 5.11 Å². The molecule has 4 heteroatoms. The summed E-state index contributed by atoms with van der Waals surface area (Å²) in [4.78, 5) is 0. The smallest absolute Gasteiger partial charge is 0.189 e. The Morgan fingerprint density at radius 1 is 0.632 bits per heavy atom. The Kier molecular flexibility index (Phi) is 3.16. The Morgan fingerprint density at radius 2 is 1.16 bits per heavy atom. The number of rotatable bonds is 2. The lowest BCUT2D eigenvalue weighted by atomic mass is 10.0. The molecular formula is C15H13N3S. The summed E-state index contributed by atoms with van der Waals surface area (Å²) in [5.41, 5.74) is 10.3. The fourth-order valence-corrected chi connectivity index (χ4v) is 2.18. The van der Waals surface area contributed by atoms with Crippen LogP contribution < -0.4 is 16.2 Å². The van der Waals surface area contributed by atoms with E-state index in [2.05, 4.69) is 40.4 Å². The van der Waals surface area contributed by atoms with Crippen LogP contribution >= 0.6 is 12.2 Å². The third kappa shape index (κ3) is 2.44. The van der Waals surface area contributed by atoms with Gasteiger partial charge in [-0.25, -0.2) is 0 Å². The van der Waals surface area contributed by atoms with Crippen molar-refractivity contribution >= 4 is 28.7 Å². The van der Waals surface area contributed by atoms with Crippen molar-refractivity contribution in [1.82, 2.24) is 16.2 Å². The highest BCUT2D eigenvalue weighted by Crippen LogP contribution is 2.23. The molecule has 0 saturated heterocycles. The maximum absolute atomic E-state index is 5.17. The van der Waals surface area contributed by atoms with Crippen molar-refractivity contribution in [2.75, 3.05) is 0 Å². The molecule has 0 aliphatic carbocycles. The highest BCUT2D eigenvalue weighted by molar-refractivity contribution is 7.80. The molecule has 0 spiro atoms. The van der Waals surface area contributed by atoms with Crippen LogP contribution in [0.2, 0.25) is 0 Å². The minimum Gasteiger partial charge on any atom is -0.329 e. The van der Waals surface area contributed by atoms with E-state index in [4.69, 9.17) is 12.2 Å². The molecule has 1 aliphatic heterocycles. The first kappa shape index (κ1) is 11.7. The highest BCUT2D eigenvalue weighted by Gasteiger charge is 2.17. The second-order valence-electron chi connectivity index (χ2n) is 4.19. The first-order chi connectivity index (χ1) is 9.34. The first-order valence-electron chi connectivity index (χ1n) is 6.03. The van der Waals surface area contributed by atoms with Crippen LogP contribution in [0.5, 0.6) is 0 Å². The monoisotopic (exact) mass is 267 g/mol. The highest BCUT2D eigenvalue weighted by atomic mass is 32.1. The predicted molar refractivity (Wildman–Crippen MR) is 81.7 cm³/mol. The maximum atomic E-state index is 5.17. The summed E-state index contributed by atoms with van der Waals surface area (Å²) in [5, 5.41) is 3.79. The van der Waals surface area contributed by atoms with Crippen LogP contribution in [0.3, 0.4) is 0 Å². The van der Waals surface area contributed by atoms with E-state index in [1.165, 1.54) is 0 Å². The third-order valence-electron chi connectivity index (χ3n) is 2.91. The van der Waals surface area contributed by atoms with Crippen LogP contribution in [0.15, 0.2) is 60.7 Å². The van der Waals surface area contributed by atoms with Gasteiger partial charge in [0.2, 0.25) is 0 Å². The average molecular weight is 267 g/mol. The predicted octanol–water partition coefficient (Wildman–Crippen LogP) is 2.49. The molecule has 0 aromatic heterocycles. The van der Waals surface area contributed by atoms with Crippen LogP contribution in [0.25, 0.3) is 11.4 Å². The lowest BCUT2D eigenvalue weighted by Crippen LogP contribution is -2.48. The molecule has 0 amide bonds. The number of hydrogen-bond donors (Lipinski definition) is 3. The Balaban J connectivity index is 2.13. The molecule has 94 valence electrons. The van der Waals surface area contributed by atoms with E-state index in [0.29, 0.717) is 5.11 Å². The van der Waals surface area contributed by atoms with Crippen molar-refractivity contribution in [2.24, 2.45) is 0 Å². The van der Waals surface area contributed by atoms with E-state index in [0.717, 1.165) is 22.5 Å². The van der Waals surface area contributed by atoms with Gasteiger partial charge in [-0.3, -0.25) is 10.9 Å². The summed E-state index contributed by atoms with van der Waals surface area (Å²) >= 11 is 5.17. The lowest BCUT2D eigenvalue weighted by molar-refractivity contribution is 0.809. The molecule has 0 radical (unpaired) electrons. The standard InChI is InChI=1S/C15H13N3S/c19-15-16-13(11-7-3-1-4-8-11)14(17-18-15)12-9-5-2-6-10-12/h1-10,17H,(H2,16,18,19). The van der Waals surface area contributed by atoms with Gasteiger partial charge in [0.25, 0.3) is 0 Å². The number of hydrazine groups is 1. The molecule has 2 aromatic rings. The zero-order chi connectivity index (χ0) is 13.1. The molecule has 1 aliphatic rings. The molecule has 0 unspecified atom stereocenters. The Hall–Kier alpha value is -2.33. The Morgan fingerprint density at radius 3 is 1.74 bits per heavy atom. The van der Waals surface area contributed by atoms with Gasteiger partial charge in [0, 0.05) is 11.1 Å². The van der Waals surface area contributed by atoms with Gasteiger partial charge >= 0.3 is 0 Å². The van der Waals surface area contributed by atoms with Gasteiger partial charge in [0.1, 0.15) is 0 Å². The van der Waals surface area contributed by atoms with Crippen LogP contribution in [-0.2, 0) is 0 Å². The number of benzene rings is 2. The zero-order valence-corrected chi connectivity index (χ0v) is 11.0. The van der Waals surface area contributed by atoms with Crippen LogP contribution in [-0.4, -0.2) is 5.11 Å².